The topological polar surface area (TPSA) is 111 Å². The van der Waals surface area contributed by atoms with Crippen LogP contribution in [-0.4, -0.2) is 17.5 Å². The lowest BCUT2D eigenvalue weighted by Gasteiger charge is -2.19. The summed E-state index contributed by atoms with van der Waals surface area (Å²) in [7, 11) is 0. The quantitative estimate of drug-likeness (QED) is 0.289. The molecule has 0 fully saturated rings. The summed E-state index contributed by atoms with van der Waals surface area (Å²) in [6.07, 6.45) is -0.707. The van der Waals surface area contributed by atoms with Crippen molar-refractivity contribution >= 4 is 23.5 Å². The van der Waals surface area contributed by atoms with E-state index in [1.54, 1.807) is 32.9 Å². The fourth-order valence-corrected chi connectivity index (χ4v) is 1.66. The molecule has 0 spiro atoms. The van der Waals surface area contributed by atoms with E-state index in [-0.39, 0.29) is 12.4 Å². The molecule has 0 unspecified atom stereocenters. The minimum Gasteiger partial charge on any atom is -0.444 e. The fourth-order valence-electron chi connectivity index (χ4n) is 1.42. The number of hydrogen-bond acceptors (Lipinski definition) is 4. The lowest BCUT2D eigenvalue weighted by Crippen LogP contribution is -2.36. The molecular formula is C13H16ClN5O2. The molecule has 7 nitrogen and oxygen atoms in total. The number of nitrogens with zero attached hydrogens (tertiary/aromatic N) is 3. The summed E-state index contributed by atoms with van der Waals surface area (Å²) in [5.74, 6) is -0.124. The molecule has 0 saturated carbocycles. The van der Waals surface area contributed by atoms with Gasteiger partial charge in [0.2, 0.25) is 0 Å². The van der Waals surface area contributed by atoms with Crippen LogP contribution in [0.4, 0.5) is 4.79 Å². The van der Waals surface area contributed by atoms with E-state index in [0.29, 0.717) is 16.1 Å². The smallest absolute Gasteiger partial charge is 0.413 e. The largest absolute Gasteiger partial charge is 0.444 e. The number of halogens is 1. The van der Waals surface area contributed by atoms with Gasteiger partial charge in [0.1, 0.15) is 11.4 Å². The van der Waals surface area contributed by atoms with Gasteiger partial charge in [-0.2, -0.15) is 0 Å². The van der Waals surface area contributed by atoms with E-state index in [9.17, 15) is 4.79 Å². The number of carbonyl (C=O) groups is 1. The Morgan fingerprint density at radius 3 is 2.71 bits per heavy atom. The van der Waals surface area contributed by atoms with Gasteiger partial charge in [0.25, 0.3) is 0 Å². The molecule has 21 heavy (non-hydrogen) atoms. The van der Waals surface area contributed by atoms with Crippen molar-refractivity contribution in [3.8, 4) is 0 Å². The van der Waals surface area contributed by atoms with Gasteiger partial charge in [-0.15, -0.1) is 0 Å². The SMILES string of the molecule is CC(C)(C)OC(=O)NC(=N)c1ccc(CN=[N+]=[N-])c(Cl)c1. The Morgan fingerprint density at radius 1 is 1.52 bits per heavy atom. The van der Waals surface area contributed by atoms with Crippen molar-refractivity contribution in [2.45, 2.75) is 32.9 Å². The van der Waals surface area contributed by atoms with Gasteiger partial charge in [0.15, 0.2) is 0 Å². The Morgan fingerprint density at radius 2 is 2.19 bits per heavy atom. The molecular weight excluding hydrogens is 294 g/mol. The number of benzene rings is 1. The highest BCUT2D eigenvalue weighted by Crippen LogP contribution is 2.19. The van der Waals surface area contributed by atoms with Crippen LogP contribution in [0.3, 0.4) is 0 Å². The fraction of sp³-hybridized carbons (Fsp3) is 0.385. The Kier molecular flexibility index (Phi) is 5.58. The summed E-state index contributed by atoms with van der Waals surface area (Å²) in [6.45, 7) is 5.33. The number of amidine groups is 1. The van der Waals surface area contributed by atoms with E-state index in [2.05, 4.69) is 15.3 Å². The standard InChI is InChI=1S/C13H16ClN5O2/c1-13(2,3)21-12(20)18-11(15)8-4-5-9(7-17-19-16)10(14)6-8/h4-6H,7H2,1-3H3,(H2,15,18,20). The lowest BCUT2D eigenvalue weighted by molar-refractivity contribution is 0.0563. The van der Waals surface area contributed by atoms with Crippen molar-refractivity contribution in [3.63, 3.8) is 0 Å². The molecule has 0 atom stereocenters. The second-order valence-corrected chi connectivity index (χ2v) is 5.60. The minimum absolute atomic E-state index is 0.124. The Bertz CT molecular complexity index is 603. The monoisotopic (exact) mass is 309 g/mol. The highest BCUT2D eigenvalue weighted by atomic mass is 35.5. The summed E-state index contributed by atoms with van der Waals surface area (Å²) in [5, 5.41) is 13.9. The molecule has 0 aromatic heterocycles. The molecule has 1 rings (SSSR count). The Labute approximate surface area is 127 Å². The van der Waals surface area contributed by atoms with E-state index < -0.39 is 11.7 Å². The maximum atomic E-state index is 11.6. The first kappa shape index (κ1) is 16.8. The number of carbonyl (C=O) groups excluding carboxylic acids is 1. The number of ether oxygens (including phenoxy) is 1. The van der Waals surface area contributed by atoms with Crippen molar-refractivity contribution in [2.75, 3.05) is 0 Å². The average Bonchev–Trinajstić information content (AvgIpc) is 2.34. The van der Waals surface area contributed by atoms with Crippen LogP contribution in [0.15, 0.2) is 23.3 Å². The molecule has 0 aliphatic carbocycles. The third-order valence-electron chi connectivity index (χ3n) is 2.27. The van der Waals surface area contributed by atoms with E-state index in [4.69, 9.17) is 27.3 Å². The molecule has 1 aromatic rings. The first-order chi connectivity index (χ1) is 9.73. The molecule has 1 amide bonds. The van der Waals surface area contributed by atoms with Gasteiger partial charge in [-0.3, -0.25) is 10.7 Å². The van der Waals surface area contributed by atoms with Gasteiger partial charge in [-0.05, 0) is 37.9 Å². The van der Waals surface area contributed by atoms with E-state index in [1.807, 2.05) is 0 Å². The van der Waals surface area contributed by atoms with Crippen molar-refractivity contribution in [3.05, 3.63) is 44.8 Å². The van der Waals surface area contributed by atoms with Crippen molar-refractivity contribution in [1.82, 2.24) is 5.32 Å². The lowest BCUT2D eigenvalue weighted by atomic mass is 10.1. The maximum Gasteiger partial charge on any atom is 0.413 e. The van der Waals surface area contributed by atoms with Crippen LogP contribution in [0.1, 0.15) is 31.9 Å². The summed E-state index contributed by atoms with van der Waals surface area (Å²) in [4.78, 5) is 14.2. The second-order valence-electron chi connectivity index (χ2n) is 5.20. The first-order valence-corrected chi connectivity index (χ1v) is 6.49. The normalized spacial score (nSPS) is 10.5. The first-order valence-electron chi connectivity index (χ1n) is 6.11. The third-order valence-corrected chi connectivity index (χ3v) is 2.62. The number of hydrogen-bond donors (Lipinski definition) is 2. The van der Waals surface area contributed by atoms with Crippen molar-refractivity contribution in [2.24, 2.45) is 5.11 Å². The molecule has 0 aliphatic heterocycles. The number of azide groups is 1. The Balaban J connectivity index is 2.77. The zero-order chi connectivity index (χ0) is 16.0. The van der Waals surface area contributed by atoms with Crippen LogP contribution in [0, 0.1) is 5.41 Å². The minimum atomic E-state index is -0.707. The van der Waals surface area contributed by atoms with Crippen LogP contribution >= 0.6 is 11.6 Å². The molecule has 0 radical (unpaired) electrons. The zero-order valence-electron chi connectivity index (χ0n) is 12.0. The Hall–Kier alpha value is -2.24. The summed E-state index contributed by atoms with van der Waals surface area (Å²) in [5.41, 5.74) is 8.70. The van der Waals surface area contributed by atoms with Gasteiger partial charge in [-0.1, -0.05) is 28.8 Å². The number of amides is 1. The maximum absolute atomic E-state index is 11.6. The van der Waals surface area contributed by atoms with Gasteiger partial charge in [-0.25, -0.2) is 4.79 Å². The van der Waals surface area contributed by atoms with Gasteiger partial charge >= 0.3 is 6.09 Å². The van der Waals surface area contributed by atoms with Gasteiger partial charge in [0, 0.05) is 15.5 Å². The molecule has 0 bridgehead atoms. The summed E-state index contributed by atoms with van der Waals surface area (Å²) in [6, 6.07) is 4.76. The third kappa shape index (κ3) is 5.72. The predicted molar refractivity (Wildman–Crippen MR) is 80.5 cm³/mol. The van der Waals surface area contributed by atoms with E-state index in [0.717, 1.165) is 0 Å². The van der Waals surface area contributed by atoms with Gasteiger partial charge < -0.3 is 4.74 Å². The average molecular weight is 310 g/mol. The molecule has 1 aromatic carbocycles. The molecule has 112 valence electrons. The predicted octanol–water partition coefficient (Wildman–Crippen LogP) is 4.00. The van der Waals surface area contributed by atoms with Crippen LogP contribution in [0.2, 0.25) is 5.02 Å². The van der Waals surface area contributed by atoms with Crippen LogP contribution in [0.25, 0.3) is 10.4 Å². The second kappa shape index (κ2) is 6.97. The number of nitrogens with one attached hydrogen (secondary N) is 2. The molecule has 0 saturated heterocycles. The molecule has 8 heteroatoms. The van der Waals surface area contributed by atoms with Crippen LogP contribution in [0.5, 0.6) is 0 Å². The highest BCUT2D eigenvalue weighted by Gasteiger charge is 2.17. The van der Waals surface area contributed by atoms with Crippen LogP contribution < -0.4 is 5.32 Å². The number of alkyl carbamates (subject to hydrolysis) is 1. The van der Waals surface area contributed by atoms with E-state index in [1.165, 1.54) is 6.07 Å². The molecule has 0 aliphatic rings. The molecule has 2 N–H and O–H groups in total. The van der Waals surface area contributed by atoms with Crippen molar-refractivity contribution in [1.29, 1.82) is 5.41 Å². The van der Waals surface area contributed by atoms with E-state index >= 15 is 0 Å². The van der Waals surface area contributed by atoms with Crippen LogP contribution in [-0.2, 0) is 11.3 Å². The van der Waals surface area contributed by atoms with Crippen molar-refractivity contribution < 1.29 is 9.53 Å². The summed E-state index contributed by atoms with van der Waals surface area (Å²) >= 11 is 6.03. The molecule has 0 heterocycles. The number of rotatable bonds is 3. The van der Waals surface area contributed by atoms with Gasteiger partial charge in [0.05, 0.1) is 6.54 Å². The zero-order valence-corrected chi connectivity index (χ0v) is 12.7. The summed E-state index contributed by atoms with van der Waals surface area (Å²) < 4.78 is 5.06. The highest BCUT2D eigenvalue weighted by molar-refractivity contribution is 6.31.